The van der Waals surface area contributed by atoms with Gasteiger partial charge in [-0.3, -0.25) is 14.5 Å². The number of methoxy groups -OCH3 is 2. The molecule has 0 saturated carbocycles. The largest absolute Gasteiger partial charge is 0.501 e. The van der Waals surface area contributed by atoms with Gasteiger partial charge in [-0.1, -0.05) is 13.8 Å². The quantitative estimate of drug-likeness (QED) is 0.589. The van der Waals surface area contributed by atoms with Crippen LogP contribution in [-0.4, -0.2) is 67.0 Å². The summed E-state index contributed by atoms with van der Waals surface area (Å²) in [5, 5.41) is 11.7. The Balaban J connectivity index is 1.65. The maximum atomic E-state index is 14.4. The second-order valence-electron chi connectivity index (χ2n) is 10.7. The van der Waals surface area contributed by atoms with Gasteiger partial charge in [-0.05, 0) is 67.5 Å². The van der Waals surface area contributed by atoms with Crippen molar-refractivity contribution in [3.8, 4) is 11.5 Å². The number of hydrogen-bond acceptors (Lipinski definition) is 8. The Morgan fingerprint density at radius 1 is 1.23 bits per heavy atom. The first-order valence-corrected chi connectivity index (χ1v) is 12.5. The van der Waals surface area contributed by atoms with Crippen LogP contribution in [0, 0.1) is 11.8 Å². The summed E-state index contributed by atoms with van der Waals surface area (Å²) in [4.78, 5) is 29.1. The Kier molecular flexibility index (Phi) is 6.08. The molecule has 4 atom stereocenters. The fraction of sp³-hybridized carbons (Fsp3) is 0.630. The van der Waals surface area contributed by atoms with Gasteiger partial charge in [-0.25, -0.2) is 0 Å². The lowest BCUT2D eigenvalue weighted by Crippen LogP contribution is -2.51. The Labute approximate surface area is 206 Å². The third-order valence-corrected chi connectivity index (χ3v) is 8.17. The molecular formula is C27H35NO7. The van der Waals surface area contributed by atoms with Crippen molar-refractivity contribution in [2.24, 2.45) is 11.8 Å². The first-order chi connectivity index (χ1) is 16.7. The summed E-state index contributed by atoms with van der Waals surface area (Å²) in [6.45, 7) is 5.83. The van der Waals surface area contributed by atoms with Gasteiger partial charge in [0.25, 0.3) is 0 Å². The number of fused-ring (bicyclic) bond motifs is 3. The average molecular weight is 486 g/mol. The summed E-state index contributed by atoms with van der Waals surface area (Å²) >= 11 is 0. The van der Waals surface area contributed by atoms with Crippen LogP contribution in [0.3, 0.4) is 0 Å². The van der Waals surface area contributed by atoms with Gasteiger partial charge < -0.3 is 24.1 Å². The molecule has 190 valence electrons. The number of hydrogen-bond donors (Lipinski definition) is 1. The van der Waals surface area contributed by atoms with Crippen LogP contribution in [0.4, 0.5) is 0 Å². The maximum Gasteiger partial charge on any atom is 0.308 e. The number of Topliss-reactive ketones (excluding diaryl/α,β-unsaturated/α-hetero) is 1. The summed E-state index contributed by atoms with van der Waals surface area (Å²) in [5.74, 6) is -0.0334. The number of carbonyl (C=O) groups is 2. The molecule has 3 aliphatic heterocycles. The van der Waals surface area contributed by atoms with E-state index in [1.165, 1.54) is 7.11 Å². The fourth-order valence-electron chi connectivity index (χ4n) is 6.85. The van der Waals surface area contributed by atoms with Gasteiger partial charge in [-0.2, -0.15) is 0 Å². The molecule has 1 aromatic carbocycles. The molecule has 1 fully saturated rings. The molecule has 8 nitrogen and oxygen atoms in total. The average Bonchev–Trinajstić information content (AvgIpc) is 3.51. The van der Waals surface area contributed by atoms with Crippen LogP contribution in [-0.2, 0) is 25.5 Å². The van der Waals surface area contributed by atoms with Crippen LogP contribution in [0.25, 0.3) is 0 Å². The van der Waals surface area contributed by atoms with Crippen LogP contribution in [0.5, 0.6) is 11.5 Å². The first-order valence-electron chi connectivity index (χ1n) is 12.5. The summed E-state index contributed by atoms with van der Waals surface area (Å²) in [7, 11) is 2.85. The summed E-state index contributed by atoms with van der Waals surface area (Å²) < 4.78 is 22.1. The highest BCUT2D eigenvalue weighted by atomic mass is 16.7. The minimum atomic E-state index is -1.86. The van der Waals surface area contributed by atoms with Crippen LogP contribution in [0.2, 0.25) is 0 Å². The predicted molar refractivity (Wildman–Crippen MR) is 127 cm³/mol. The molecule has 1 aliphatic carbocycles. The van der Waals surface area contributed by atoms with E-state index in [4.69, 9.17) is 18.9 Å². The number of carbonyl (C=O) groups excluding carboxylic acids is 2. The number of nitrogens with zero attached hydrogens (tertiary/aromatic N) is 1. The van der Waals surface area contributed by atoms with E-state index in [1.54, 1.807) is 7.11 Å². The lowest BCUT2D eigenvalue weighted by molar-refractivity contribution is -0.157. The summed E-state index contributed by atoms with van der Waals surface area (Å²) in [6, 6.07) is 4.05. The van der Waals surface area contributed by atoms with E-state index in [2.05, 4.69) is 11.0 Å². The third-order valence-electron chi connectivity index (χ3n) is 8.17. The van der Waals surface area contributed by atoms with Crippen molar-refractivity contribution < 1.29 is 33.6 Å². The SMILES string of the molecule is COC(=O)C[C@](O)(CC(C)C)C(=O)[C@@H]1C(OC)=C[C@]23CCCN2CCc2cc4c(cc2[C@H]13)OCO4. The van der Waals surface area contributed by atoms with Crippen molar-refractivity contribution in [2.45, 2.75) is 63.0 Å². The highest BCUT2D eigenvalue weighted by Crippen LogP contribution is 2.58. The highest BCUT2D eigenvalue weighted by Gasteiger charge is 2.61. The Morgan fingerprint density at radius 2 is 1.97 bits per heavy atom. The molecule has 0 bridgehead atoms. The zero-order valence-corrected chi connectivity index (χ0v) is 21.0. The predicted octanol–water partition coefficient (Wildman–Crippen LogP) is 2.96. The van der Waals surface area contributed by atoms with Crippen molar-refractivity contribution in [3.05, 3.63) is 35.1 Å². The van der Waals surface area contributed by atoms with E-state index in [1.807, 2.05) is 26.0 Å². The third kappa shape index (κ3) is 3.82. The van der Waals surface area contributed by atoms with Crippen molar-refractivity contribution in [2.75, 3.05) is 34.1 Å². The molecular weight excluding hydrogens is 450 g/mol. The molecule has 0 aromatic heterocycles. The minimum absolute atomic E-state index is 0.00263. The molecule has 1 saturated heterocycles. The Morgan fingerprint density at radius 3 is 2.66 bits per heavy atom. The number of aliphatic hydroxyl groups is 1. The summed E-state index contributed by atoms with van der Waals surface area (Å²) in [5.41, 5.74) is -0.0992. The zero-order chi connectivity index (χ0) is 25.0. The van der Waals surface area contributed by atoms with E-state index in [9.17, 15) is 14.7 Å². The zero-order valence-electron chi connectivity index (χ0n) is 21.0. The van der Waals surface area contributed by atoms with Crippen LogP contribution in [0.1, 0.15) is 56.6 Å². The van der Waals surface area contributed by atoms with Gasteiger partial charge in [0.15, 0.2) is 17.3 Å². The van der Waals surface area contributed by atoms with Crippen LogP contribution >= 0.6 is 0 Å². The lowest BCUT2D eigenvalue weighted by Gasteiger charge is -2.41. The highest BCUT2D eigenvalue weighted by molar-refractivity contribution is 5.96. The molecule has 1 N–H and O–H groups in total. The van der Waals surface area contributed by atoms with Gasteiger partial charge in [-0.15, -0.1) is 0 Å². The van der Waals surface area contributed by atoms with Crippen molar-refractivity contribution in [3.63, 3.8) is 0 Å². The van der Waals surface area contributed by atoms with Gasteiger partial charge >= 0.3 is 5.97 Å². The van der Waals surface area contributed by atoms with Crippen molar-refractivity contribution >= 4 is 11.8 Å². The number of esters is 1. The second-order valence-corrected chi connectivity index (χ2v) is 10.7. The molecule has 5 rings (SSSR count). The van der Waals surface area contributed by atoms with E-state index >= 15 is 0 Å². The number of allylic oxidation sites excluding steroid dienone is 1. The lowest BCUT2D eigenvalue weighted by atomic mass is 9.69. The number of ether oxygens (including phenoxy) is 4. The Bertz CT molecular complexity index is 1070. The number of ketones is 1. The monoisotopic (exact) mass is 485 g/mol. The molecule has 35 heavy (non-hydrogen) atoms. The summed E-state index contributed by atoms with van der Waals surface area (Å²) in [6.07, 6.45) is 4.63. The molecule has 0 radical (unpaired) electrons. The van der Waals surface area contributed by atoms with Crippen LogP contribution < -0.4 is 9.47 Å². The molecule has 4 aliphatic rings. The normalized spacial score (nSPS) is 28.5. The topological polar surface area (TPSA) is 94.5 Å². The van der Waals surface area contributed by atoms with E-state index in [0.717, 1.165) is 49.2 Å². The van der Waals surface area contributed by atoms with Gasteiger partial charge in [0.05, 0.1) is 32.1 Å². The minimum Gasteiger partial charge on any atom is -0.501 e. The standard InChI is InChI=1S/C27H35NO7/c1-16(2)12-27(31,14-22(29)33-4)25(30)23-21(32-3)13-26-7-5-8-28(26)9-6-17-10-19-20(35-15-34-19)11-18(17)24(23)26/h10-11,13,16,23-24,31H,5-9,12,14-15H2,1-4H3/t23-,24-,26+,27-/m1/s1. The van der Waals surface area contributed by atoms with Gasteiger partial charge in [0.1, 0.15) is 11.4 Å². The van der Waals surface area contributed by atoms with Crippen molar-refractivity contribution in [1.29, 1.82) is 0 Å². The van der Waals surface area contributed by atoms with E-state index in [-0.39, 0.29) is 37.3 Å². The Hall–Kier alpha value is -2.58. The van der Waals surface area contributed by atoms with E-state index in [0.29, 0.717) is 11.5 Å². The molecule has 3 heterocycles. The first kappa shape index (κ1) is 24.1. The van der Waals surface area contributed by atoms with Gasteiger partial charge in [0, 0.05) is 12.5 Å². The molecule has 0 unspecified atom stereocenters. The molecule has 1 aromatic rings. The number of benzene rings is 1. The second kappa shape index (κ2) is 8.82. The van der Waals surface area contributed by atoms with Crippen LogP contribution in [0.15, 0.2) is 24.0 Å². The number of rotatable bonds is 7. The van der Waals surface area contributed by atoms with E-state index < -0.39 is 23.0 Å². The molecule has 0 amide bonds. The fourth-order valence-corrected chi connectivity index (χ4v) is 6.85. The molecule has 8 heteroatoms. The maximum absolute atomic E-state index is 14.4. The van der Waals surface area contributed by atoms with Gasteiger partial charge in [0.2, 0.25) is 6.79 Å². The molecule has 1 spiro atoms. The smallest absolute Gasteiger partial charge is 0.308 e. The van der Waals surface area contributed by atoms with Crippen molar-refractivity contribution in [1.82, 2.24) is 4.90 Å².